The molecule has 1 amide bonds. The number of carbonyl (C=O) groups is 1. The van der Waals surface area contributed by atoms with Crippen LogP contribution in [0.5, 0.6) is 0 Å². The first-order valence-electron chi connectivity index (χ1n) is 8.18. The number of anilines is 1. The van der Waals surface area contributed by atoms with E-state index in [2.05, 4.69) is 41.0 Å². The van der Waals surface area contributed by atoms with Crippen LogP contribution in [0.25, 0.3) is 10.8 Å². The number of carbonyl (C=O) groups excluding carboxylic acids is 1. The van der Waals surface area contributed by atoms with Crippen LogP contribution < -0.4 is 10.6 Å². The second kappa shape index (κ2) is 7.61. The first-order valence-corrected chi connectivity index (χ1v) is 8.18. The first kappa shape index (κ1) is 16.7. The van der Waals surface area contributed by atoms with Gasteiger partial charge in [-0.05, 0) is 41.5 Å². The van der Waals surface area contributed by atoms with E-state index < -0.39 is 0 Å². The highest BCUT2D eigenvalue weighted by Gasteiger charge is 2.11. The number of hydrogen-bond acceptors (Lipinski definition) is 3. The molecule has 0 bridgehead atoms. The van der Waals surface area contributed by atoms with Crippen molar-refractivity contribution in [2.24, 2.45) is 0 Å². The number of nitrogens with zero attached hydrogens (tertiary/aromatic N) is 1. The zero-order valence-electron chi connectivity index (χ0n) is 14.0. The van der Waals surface area contributed by atoms with E-state index in [9.17, 15) is 4.79 Å². The molecular formula is C21H19N3O. The van der Waals surface area contributed by atoms with Gasteiger partial charge in [0.25, 0.3) is 0 Å². The standard InChI is InChI=1S/C21H19N3O/c1-15(19-11-5-8-17-7-2-3-10-20(17)19)23-14-21(25)24-18-9-4-6-16(12-18)13-22/h2-12,15,23H,14H2,1H3,(H,24,25)/t15-/m0/s1. The van der Waals surface area contributed by atoms with E-state index in [0.717, 1.165) is 5.56 Å². The van der Waals surface area contributed by atoms with Gasteiger partial charge in [0.15, 0.2) is 0 Å². The van der Waals surface area contributed by atoms with Gasteiger partial charge in [0.05, 0.1) is 18.2 Å². The van der Waals surface area contributed by atoms with E-state index in [-0.39, 0.29) is 18.5 Å². The van der Waals surface area contributed by atoms with E-state index >= 15 is 0 Å². The molecule has 4 heteroatoms. The summed E-state index contributed by atoms with van der Waals surface area (Å²) in [5, 5.41) is 17.4. The molecule has 0 aromatic heterocycles. The van der Waals surface area contributed by atoms with Crippen molar-refractivity contribution in [3.63, 3.8) is 0 Å². The lowest BCUT2D eigenvalue weighted by Crippen LogP contribution is -2.30. The molecule has 0 fully saturated rings. The number of nitrogens with one attached hydrogen (secondary N) is 2. The molecule has 0 unspecified atom stereocenters. The molecule has 3 rings (SSSR count). The van der Waals surface area contributed by atoms with Crippen LogP contribution in [0.4, 0.5) is 5.69 Å². The Morgan fingerprint density at radius 3 is 2.68 bits per heavy atom. The van der Waals surface area contributed by atoms with Crippen molar-refractivity contribution in [1.82, 2.24) is 5.32 Å². The van der Waals surface area contributed by atoms with Crippen molar-refractivity contribution in [1.29, 1.82) is 5.26 Å². The number of benzene rings is 3. The van der Waals surface area contributed by atoms with Crippen LogP contribution >= 0.6 is 0 Å². The summed E-state index contributed by atoms with van der Waals surface area (Å²) in [4.78, 5) is 12.2. The molecule has 0 aliphatic carbocycles. The minimum absolute atomic E-state index is 0.0438. The Kier molecular flexibility index (Phi) is 5.08. The van der Waals surface area contributed by atoms with Crippen LogP contribution in [-0.4, -0.2) is 12.5 Å². The molecule has 0 aliphatic heterocycles. The van der Waals surface area contributed by atoms with Crippen molar-refractivity contribution in [3.8, 4) is 6.07 Å². The summed E-state index contributed by atoms with van der Waals surface area (Å²) >= 11 is 0. The van der Waals surface area contributed by atoms with Crippen molar-refractivity contribution in [2.75, 3.05) is 11.9 Å². The van der Waals surface area contributed by atoms with E-state index in [1.54, 1.807) is 24.3 Å². The maximum atomic E-state index is 12.2. The minimum Gasteiger partial charge on any atom is -0.325 e. The molecule has 0 saturated heterocycles. The minimum atomic E-state index is -0.137. The van der Waals surface area contributed by atoms with Gasteiger partial charge < -0.3 is 10.6 Å². The van der Waals surface area contributed by atoms with Gasteiger partial charge in [0.2, 0.25) is 5.91 Å². The molecule has 0 saturated carbocycles. The smallest absolute Gasteiger partial charge is 0.238 e. The highest BCUT2D eigenvalue weighted by Crippen LogP contribution is 2.23. The highest BCUT2D eigenvalue weighted by atomic mass is 16.1. The summed E-state index contributed by atoms with van der Waals surface area (Å²) < 4.78 is 0. The maximum absolute atomic E-state index is 12.2. The monoisotopic (exact) mass is 329 g/mol. The summed E-state index contributed by atoms with van der Waals surface area (Å²) in [5.74, 6) is -0.137. The molecule has 1 atom stereocenters. The molecule has 124 valence electrons. The van der Waals surface area contributed by atoms with Crippen LogP contribution in [0.1, 0.15) is 24.1 Å². The Morgan fingerprint density at radius 1 is 1.08 bits per heavy atom. The molecule has 0 spiro atoms. The molecule has 2 N–H and O–H groups in total. The largest absolute Gasteiger partial charge is 0.325 e. The maximum Gasteiger partial charge on any atom is 0.238 e. The normalized spacial score (nSPS) is 11.7. The van der Waals surface area contributed by atoms with Crippen molar-refractivity contribution >= 4 is 22.4 Å². The van der Waals surface area contributed by atoms with Gasteiger partial charge in [-0.2, -0.15) is 5.26 Å². The second-order valence-corrected chi connectivity index (χ2v) is 5.91. The van der Waals surface area contributed by atoms with Crippen molar-refractivity contribution < 1.29 is 4.79 Å². The van der Waals surface area contributed by atoms with Gasteiger partial charge in [0.1, 0.15) is 0 Å². The summed E-state index contributed by atoms with van der Waals surface area (Å²) in [6.45, 7) is 2.24. The van der Waals surface area contributed by atoms with E-state index in [1.807, 2.05) is 25.1 Å². The Balaban J connectivity index is 1.64. The Morgan fingerprint density at radius 2 is 1.84 bits per heavy atom. The first-order chi connectivity index (χ1) is 12.2. The molecule has 0 heterocycles. The zero-order chi connectivity index (χ0) is 17.6. The van der Waals surface area contributed by atoms with Crippen molar-refractivity contribution in [2.45, 2.75) is 13.0 Å². The van der Waals surface area contributed by atoms with Crippen LogP contribution in [-0.2, 0) is 4.79 Å². The fourth-order valence-electron chi connectivity index (χ4n) is 2.86. The summed E-state index contributed by atoms with van der Waals surface area (Å²) in [6, 6.07) is 23.4. The van der Waals surface area contributed by atoms with Gasteiger partial charge in [-0.25, -0.2) is 0 Å². The number of amides is 1. The lowest BCUT2D eigenvalue weighted by molar-refractivity contribution is -0.115. The number of rotatable bonds is 5. The fraction of sp³-hybridized carbons (Fsp3) is 0.143. The van der Waals surface area contributed by atoms with E-state index in [4.69, 9.17) is 5.26 Å². The Hall–Kier alpha value is -3.16. The van der Waals surface area contributed by atoms with Crippen LogP contribution in [0.15, 0.2) is 66.7 Å². The Bertz CT molecular complexity index is 938. The van der Waals surface area contributed by atoms with Crippen LogP contribution in [0.3, 0.4) is 0 Å². The predicted molar refractivity (Wildman–Crippen MR) is 100 cm³/mol. The molecule has 0 radical (unpaired) electrons. The van der Waals surface area contributed by atoms with Gasteiger partial charge in [-0.15, -0.1) is 0 Å². The molecule has 3 aromatic carbocycles. The SMILES string of the molecule is C[C@H](NCC(=O)Nc1cccc(C#N)c1)c1cccc2ccccc12. The zero-order valence-corrected chi connectivity index (χ0v) is 14.0. The van der Waals surface area contributed by atoms with E-state index in [0.29, 0.717) is 11.3 Å². The fourth-order valence-corrected chi connectivity index (χ4v) is 2.86. The van der Waals surface area contributed by atoms with Gasteiger partial charge in [-0.1, -0.05) is 48.5 Å². The lowest BCUT2D eigenvalue weighted by Gasteiger charge is -2.16. The summed E-state index contributed by atoms with van der Waals surface area (Å²) in [6.07, 6.45) is 0. The van der Waals surface area contributed by atoms with E-state index in [1.165, 1.54) is 10.8 Å². The molecule has 4 nitrogen and oxygen atoms in total. The molecule has 3 aromatic rings. The number of hydrogen-bond donors (Lipinski definition) is 2. The molecule has 0 aliphatic rings. The number of nitriles is 1. The van der Waals surface area contributed by atoms with Gasteiger partial charge >= 0.3 is 0 Å². The van der Waals surface area contributed by atoms with Crippen molar-refractivity contribution in [3.05, 3.63) is 77.9 Å². The Labute approximate surface area is 147 Å². The van der Waals surface area contributed by atoms with Crippen LogP contribution in [0, 0.1) is 11.3 Å². The van der Waals surface area contributed by atoms with Gasteiger partial charge in [-0.3, -0.25) is 4.79 Å². The average molecular weight is 329 g/mol. The third kappa shape index (κ3) is 4.03. The molecular weight excluding hydrogens is 310 g/mol. The predicted octanol–water partition coefficient (Wildman–Crippen LogP) is 4.00. The topological polar surface area (TPSA) is 64.9 Å². The third-order valence-electron chi connectivity index (χ3n) is 4.13. The number of fused-ring (bicyclic) bond motifs is 1. The molecule has 25 heavy (non-hydrogen) atoms. The second-order valence-electron chi connectivity index (χ2n) is 5.91. The summed E-state index contributed by atoms with van der Waals surface area (Å²) in [5.41, 5.74) is 2.32. The highest BCUT2D eigenvalue weighted by molar-refractivity contribution is 5.92. The lowest BCUT2D eigenvalue weighted by atomic mass is 10.00. The van der Waals surface area contributed by atoms with Crippen LogP contribution in [0.2, 0.25) is 0 Å². The average Bonchev–Trinajstić information content (AvgIpc) is 2.65. The third-order valence-corrected chi connectivity index (χ3v) is 4.13. The van der Waals surface area contributed by atoms with Gasteiger partial charge in [0, 0.05) is 11.7 Å². The summed E-state index contributed by atoms with van der Waals surface area (Å²) in [7, 11) is 0. The quantitative estimate of drug-likeness (QED) is 0.743.